The van der Waals surface area contributed by atoms with E-state index in [9.17, 15) is 5.11 Å². The molecule has 0 spiro atoms. The van der Waals surface area contributed by atoms with Crippen molar-refractivity contribution in [2.75, 3.05) is 28.4 Å². The van der Waals surface area contributed by atoms with Crippen molar-refractivity contribution in [1.82, 2.24) is 0 Å². The molecule has 2 rings (SSSR count). The molecule has 24 heavy (non-hydrogen) atoms. The number of aromatic hydroxyl groups is 1. The van der Waals surface area contributed by atoms with Crippen molar-refractivity contribution >= 4 is 11.6 Å². The summed E-state index contributed by atoms with van der Waals surface area (Å²) in [5.41, 5.74) is 2.77. The summed E-state index contributed by atoms with van der Waals surface area (Å²) in [5, 5.41) is 9.93. The summed E-state index contributed by atoms with van der Waals surface area (Å²) in [5.74, 6) is 2.28. The Morgan fingerprint density at radius 3 is 1.88 bits per heavy atom. The fraction of sp³-hybridized carbons (Fsp3) is 0.263. The van der Waals surface area contributed by atoms with Gasteiger partial charge in [0.1, 0.15) is 0 Å². The molecule has 0 heterocycles. The van der Waals surface area contributed by atoms with Crippen molar-refractivity contribution in [3.63, 3.8) is 0 Å². The van der Waals surface area contributed by atoms with E-state index in [1.165, 1.54) is 7.11 Å². The molecule has 0 aliphatic rings. The van der Waals surface area contributed by atoms with Crippen molar-refractivity contribution in [2.45, 2.75) is 6.92 Å². The van der Waals surface area contributed by atoms with Gasteiger partial charge in [-0.3, -0.25) is 0 Å². The zero-order valence-corrected chi connectivity index (χ0v) is 14.5. The first-order valence-corrected chi connectivity index (χ1v) is 7.39. The molecule has 2 aromatic carbocycles. The smallest absolute Gasteiger partial charge is 0.203 e. The summed E-state index contributed by atoms with van der Waals surface area (Å²) in [6, 6.07) is 9.03. The molecule has 5 heteroatoms. The zero-order valence-electron chi connectivity index (χ0n) is 14.5. The van der Waals surface area contributed by atoms with E-state index in [0.29, 0.717) is 23.0 Å². The quantitative estimate of drug-likeness (QED) is 0.812. The van der Waals surface area contributed by atoms with Crippen LogP contribution in [0.3, 0.4) is 0 Å². The highest BCUT2D eigenvalue weighted by Gasteiger charge is 2.12. The maximum Gasteiger partial charge on any atom is 0.203 e. The lowest BCUT2D eigenvalue weighted by atomic mass is 10.0. The van der Waals surface area contributed by atoms with E-state index < -0.39 is 0 Å². The van der Waals surface area contributed by atoms with Crippen LogP contribution in [0.15, 0.2) is 30.3 Å². The zero-order chi connectivity index (χ0) is 17.7. The van der Waals surface area contributed by atoms with E-state index in [4.69, 9.17) is 18.9 Å². The molecule has 0 aliphatic heterocycles. The normalized spacial score (nSPS) is 11.1. The summed E-state index contributed by atoms with van der Waals surface area (Å²) in [4.78, 5) is 0. The van der Waals surface area contributed by atoms with Crippen LogP contribution in [0.1, 0.15) is 18.1 Å². The van der Waals surface area contributed by atoms with Crippen molar-refractivity contribution < 1.29 is 24.1 Å². The van der Waals surface area contributed by atoms with E-state index in [1.807, 2.05) is 31.2 Å². The molecule has 0 fully saturated rings. The van der Waals surface area contributed by atoms with Gasteiger partial charge in [-0.05, 0) is 47.9 Å². The second kappa shape index (κ2) is 7.64. The molecule has 0 radical (unpaired) electrons. The van der Waals surface area contributed by atoms with E-state index in [2.05, 4.69) is 0 Å². The highest BCUT2D eigenvalue weighted by atomic mass is 16.5. The predicted molar refractivity (Wildman–Crippen MR) is 94.3 cm³/mol. The van der Waals surface area contributed by atoms with Crippen molar-refractivity contribution in [3.05, 3.63) is 41.5 Å². The lowest BCUT2D eigenvalue weighted by Gasteiger charge is -2.13. The molecule has 0 saturated heterocycles. The van der Waals surface area contributed by atoms with E-state index in [1.54, 1.807) is 33.5 Å². The molecule has 0 atom stereocenters. The lowest BCUT2D eigenvalue weighted by molar-refractivity contribution is 0.324. The maximum atomic E-state index is 9.93. The highest BCUT2D eigenvalue weighted by Crippen LogP contribution is 2.39. The Morgan fingerprint density at radius 2 is 1.42 bits per heavy atom. The van der Waals surface area contributed by atoms with Gasteiger partial charge in [0.15, 0.2) is 23.0 Å². The predicted octanol–water partition coefficient (Wildman–Crippen LogP) is 3.99. The molecule has 1 N–H and O–H groups in total. The third-order valence-corrected chi connectivity index (χ3v) is 3.70. The Morgan fingerprint density at radius 1 is 0.833 bits per heavy atom. The van der Waals surface area contributed by atoms with Gasteiger partial charge in [-0.25, -0.2) is 0 Å². The van der Waals surface area contributed by atoms with Crippen LogP contribution in [0.4, 0.5) is 0 Å². The number of ether oxygens (including phenoxy) is 4. The highest BCUT2D eigenvalue weighted by molar-refractivity contribution is 5.82. The van der Waals surface area contributed by atoms with Gasteiger partial charge in [0, 0.05) is 0 Å². The van der Waals surface area contributed by atoms with Crippen LogP contribution in [-0.4, -0.2) is 33.5 Å². The van der Waals surface area contributed by atoms with Crippen LogP contribution in [0.5, 0.6) is 28.7 Å². The molecule has 0 unspecified atom stereocenters. The van der Waals surface area contributed by atoms with Crippen molar-refractivity contribution in [3.8, 4) is 28.7 Å². The molecule has 0 aliphatic carbocycles. The van der Waals surface area contributed by atoms with E-state index in [0.717, 1.165) is 16.7 Å². The SMILES string of the molecule is COc1ccc(/C(C)=C/c2cc(OC)c(OC)c(OC)c2)cc1O. The number of phenols is 1. The maximum absolute atomic E-state index is 9.93. The lowest BCUT2D eigenvalue weighted by Crippen LogP contribution is -1.95. The summed E-state index contributed by atoms with van der Waals surface area (Å²) in [6.45, 7) is 1.96. The Hall–Kier alpha value is -2.82. The van der Waals surface area contributed by atoms with Gasteiger partial charge in [-0.2, -0.15) is 0 Å². The van der Waals surface area contributed by atoms with Gasteiger partial charge in [-0.1, -0.05) is 12.1 Å². The number of benzene rings is 2. The van der Waals surface area contributed by atoms with Gasteiger partial charge >= 0.3 is 0 Å². The molecular formula is C19H22O5. The Labute approximate surface area is 142 Å². The monoisotopic (exact) mass is 330 g/mol. The summed E-state index contributed by atoms with van der Waals surface area (Å²) in [7, 11) is 6.26. The van der Waals surface area contributed by atoms with Gasteiger partial charge in [0.05, 0.1) is 28.4 Å². The van der Waals surface area contributed by atoms with Gasteiger partial charge in [0.25, 0.3) is 0 Å². The minimum atomic E-state index is 0.104. The third-order valence-electron chi connectivity index (χ3n) is 3.70. The average molecular weight is 330 g/mol. The summed E-state index contributed by atoms with van der Waals surface area (Å²) in [6.07, 6.45) is 1.98. The van der Waals surface area contributed by atoms with E-state index in [-0.39, 0.29) is 5.75 Å². The molecule has 0 aromatic heterocycles. The number of allylic oxidation sites excluding steroid dienone is 1. The molecule has 0 saturated carbocycles. The number of methoxy groups -OCH3 is 4. The fourth-order valence-corrected chi connectivity index (χ4v) is 2.45. The number of hydrogen-bond acceptors (Lipinski definition) is 5. The minimum absolute atomic E-state index is 0.104. The first kappa shape index (κ1) is 17.5. The van der Waals surface area contributed by atoms with Crippen LogP contribution >= 0.6 is 0 Å². The second-order valence-electron chi connectivity index (χ2n) is 5.17. The molecule has 128 valence electrons. The topological polar surface area (TPSA) is 57.2 Å². The van der Waals surface area contributed by atoms with Crippen LogP contribution < -0.4 is 18.9 Å². The molecular weight excluding hydrogens is 308 g/mol. The van der Waals surface area contributed by atoms with Gasteiger partial charge < -0.3 is 24.1 Å². The van der Waals surface area contributed by atoms with Crippen LogP contribution in [0.25, 0.3) is 11.6 Å². The first-order valence-electron chi connectivity index (χ1n) is 7.39. The van der Waals surface area contributed by atoms with Crippen LogP contribution in [0, 0.1) is 0 Å². The Balaban J connectivity index is 2.44. The molecule has 0 bridgehead atoms. The van der Waals surface area contributed by atoms with Gasteiger partial charge in [-0.15, -0.1) is 0 Å². The third kappa shape index (κ3) is 3.56. The molecule has 0 amide bonds. The standard InChI is InChI=1S/C19H22O5/c1-12(14-6-7-16(21-2)15(20)11-14)8-13-9-17(22-3)19(24-5)18(10-13)23-4/h6-11,20H,1-5H3/b12-8+. The van der Waals surface area contributed by atoms with Crippen molar-refractivity contribution in [2.24, 2.45) is 0 Å². The molecule has 5 nitrogen and oxygen atoms in total. The van der Waals surface area contributed by atoms with Crippen molar-refractivity contribution in [1.29, 1.82) is 0 Å². The summed E-state index contributed by atoms with van der Waals surface area (Å²) < 4.78 is 21.1. The Bertz CT molecular complexity index is 724. The number of hydrogen-bond donors (Lipinski definition) is 1. The number of rotatable bonds is 6. The molecule has 2 aromatic rings. The van der Waals surface area contributed by atoms with E-state index >= 15 is 0 Å². The summed E-state index contributed by atoms with van der Waals surface area (Å²) >= 11 is 0. The fourth-order valence-electron chi connectivity index (χ4n) is 2.45. The van der Waals surface area contributed by atoms with Crippen LogP contribution in [-0.2, 0) is 0 Å². The largest absolute Gasteiger partial charge is 0.504 e. The Kier molecular flexibility index (Phi) is 5.58. The number of phenolic OH excluding ortho intramolecular Hbond substituents is 1. The minimum Gasteiger partial charge on any atom is -0.504 e. The first-order chi connectivity index (χ1) is 11.5. The van der Waals surface area contributed by atoms with Gasteiger partial charge in [0.2, 0.25) is 5.75 Å². The van der Waals surface area contributed by atoms with Crippen LogP contribution in [0.2, 0.25) is 0 Å². The average Bonchev–Trinajstić information content (AvgIpc) is 2.60. The second-order valence-corrected chi connectivity index (χ2v) is 5.17.